The van der Waals surface area contributed by atoms with Crippen molar-refractivity contribution in [2.24, 2.45) is 11.8 Å². The van der Waals surface area contributed by atoms with Crippen LogP contribution in [0, 0.1) is 18.8 Å². The van der Waals surface area contributed by atoms with E-state index in [1.54, 1.807) is 18.2 Å². The van der Waals surface area contributed by atoms with Gasteiger partial charge in [0.1, 0.15) is 11.7 Å². The van der Waals surface area contributed by atoms with E-state index in [1.165, 1.54) is 12.8 Å². The molecule has 7 rings (SSSR count). The lowest BCUT2D eigenvalue weighted by Crippen LogP contribution is -2.78. The molecule has 5 atom stereocenters. The molecule has 8 heteroatoms. The molecular formula is C27H29N3O5. The van der Waals surface area contributed by atoms with Crippen LogP contribution in [-0.4, -0.2) is 62.6 Å². The number of phenols is 1. The highest BCUT2D eigenvalue weighted by atomic mass is 16.5. The van der Waals surface area contributed by atoms with Gasteiger partial charge in [-0.3, -0.25) is 14.5 Å². The van der Waals surface area contributed by atoms with Crippen LogP contribution in [0.2, 0.25) is 0 Å². The number of aromatic nitrogens is 1. The van der Waals surface area contributed by atoms with Crippen LogP contribution in [0.1, 0.15) is 42.5 Å². The number of ketones is 1. The fourth-order valence-electron chi connectivity index (χ4n) is 7.35. The van der Waals surface area contributed by atoms with Crippen molar-refractivity contribution in [3.8, 4) is 11.5 Å². The van der Waals surface area contributed by atoms with E-state index in [2.05, 4.69) is 15.2 Å². The zero-order chi connectivity index (χ0) is 24.1. The number of likely N-dealkylation sites (tertiary alicyclic amines) is 1. The number of nitrogens with zero attached hydrogens (tertiary/aromatic N) is 2. The standard InChI is InChI=1S/C27H29N3O5/c1-14-3-2-4-20(28-14)29-25(33)17-12-27(34)19-11-16-7-8-18(31)23-21(16)26(27,24(35-23)22(17)32)9-10-30(19)13-15-5-6-15/h2-4,7-8,15,17,19,24,31,34H,5-6,9-13H2,1H3,(H,28,29,33)/t17?,19-,24+,26+,27-/m1/s1. The fourth-order valence-corrected chi connectivity index (χ4v) is 7.35. The first-order valence-electron chi connectivity index (χ1n) is 12.6. The number of hydrogen-bond acceptors (Lipinski definition) is 7. The maximum atomic E-state index is 13.9. The highest BCUT2D eigenvalue weighted by Gasteiger charge is 2.75. The van der Waals surface area contributed by atoms with Gasteiger partial charge in [0.2, 0.25) is 5.91 Å². The SMILES string of the molecule is Cc1cccc(NC(=O)C2C[C@@]3(O)[C@H]4Cc5ccc(O)c6c5[C@@]3(CCN4CC3CC3)[C@@H](O6)C2=O)n1. The molecule has 1 aromatic heterocycles. The number of anilines is 1. The molecule has 0 radical (unpaired) electrons. The van der Waals surface area contributed by atoms with Gasteiger partial charge in [0.05, 0.1) is 11.0 Å². The molecule has 35 heavy (non-hydrogen) atoms. The third-order valence-corrected chi connectivity index (χ3v) is 9.09. The van der Waals surface area contributed by atoms with Gasteiger partial charge in [0.25, 0.3) is 0 Å². The molecule has 1 amide bonds. The third-order valence-electron chi connectivity index (χ3n) is 9.09. The Morgan fingerprint density at radius 1 is 1.29 bits per heavy atom. The molecule has 5 aliphatic rings. The number of nitrogens with one attached hydrogen (secondary N) is 1. The Labute approximate surface area is 203 Å². The lowest BCUT2D eigenvalue weighted by molar-refractivity contribution is -0.197. The van der Waals surface area contributed by atoms with E-state index in [-0.39, 0.29) is 24.0 Å². The number of benzene rings is 1. The molecule has 1 spiro atoms. The van der Waals surface area contributed by atoms with Crippen LogP contribution in [0.5, 0.6) is 11.5 Å². The number of hydrogen-bond donors (Lipinski definition) is 3. The molecule has 1 saturated heterocycles. The monoisotopic (exact) mass is 475 g/mol. The van der Waals surface area contributed by atoms with E-state index >= 15 is 0 Å². The predicted octanol–water partition coefficient (Wildman–Crippen LogP) is 2.09. The van der Waals surface area contributed by atoms with Crippen LogP contribution in [-0.2, 0) is 21.4 Å². The van der Waals surface area contributed by atoms with Crippen LogP contribution in [0.25, 0.3) is 0 Å². The molecule has 2 saturated carbocycles. The zero-order valence-corrected chi connectivity index (χ0v) is 19.7. The molecular weight excluding hydrogens is 446 g/mol. The van der Waals surface area contributed by atoms with Crippen molar-refractivity contribution in [1.29, 1.82) is 0 Å². The Hall–Kier alpha value is -2.97. The van der Waals surface area contributed by atoms with Gasteiger partial charge in [-0.1, -0.05) is 12.1 Å². The molecule has 1 unspecified atom stereocenters. The van der Waals surface area contributed by atoms with Crippen LogP contribution in [0.15, 0.2) is 30.3 Å². The second-order valence-corrected chi connectivity index (χ2v) is 11.1. The van der Waals surface area contributed by atoms with Gasteiger partial charge >= 0.3 is 0 Å². The van der Waals surface area contributed by atoms with Crippen molar-refractivity contribution in [1.82, 2.24) is 9.88 Å². The molecule has 2 aliphatic heterocycles. The number of phenolic OH excluding ortho intramolecular Hbond substituents is 1. The first kappa shape index (κ1) is 21.3. The van der Waals surface area contributed by atoms with Gasteiger partial charge in [-0.05, 0) is 75.3 Å². The number of ether oxygens (including phenoxy) is 1. The molecule has 3 N–H and O–H groups in total. The summed E-state index contributed by atoms with van der Waals surface area (Å²) in [6, 6.07) is 8.62. The minimum atomic E-state index is -1.33. The van der Waals surface area contributed by atoms with Crippen molar-refractivity contribution >= 4 is 17.5 Å². The topological polar surface area (TPSA) is 112 Å². The van der Waals surface area contributed by atoms with Crippen molar-refractivity contribution in [2.45, 2.75) is 62.2 Å². The largest absolute Gasteiger partial charge is 0.504 e. The second-order valence-electron chi connectivity index (χ2n) is 11.1. The number of aliphatic hydroxyl groups is 1. The highest BCUT2D eigenvalue weighted by Crippen LogP contribution is 2.65. The number of Topliss-reactive ketones (excluding diaryl/α,β-unsaturated/α-hetero) is 1. The summed E-state index contributed by atoms with van der Waals surface area (Å²) in [5, 5.41) is 26.0. The minimum absolute atomic E-state index is 0.0218. The van der Waals surface area contributed by atoms with E-state index in [0.29, 0.717) is 30.3 Å². The van der Waals surface area contributed by atoms with E-state index in [4.69, 9.17) is 4.74 Å². The number of aryl methyl sites for hydroxylation is 1. The number of amides is 1. The first-order chi connectivity index (χ1) is 16.8. The number of carbonyl (C=O) groups is 2. The van der Waals surface area contributed by atoms with Gasteiger partial charge in [-0.25, -0.2) is 4.98 Å². The number of pyridine rings is 1. The quantitative estimate of drug-likeness (QED) is 0.581. The van der Waals surface area contributed by atoms with Gasteiger partial charge in [-0.15, -0.1) is 0 Å². The zero-order valence-electron chi connectivity index (χ0n) is 19.7. The Balaban J connectivity index is 1.32. The number of aromatic hydroxyl groups is 1. The lowest BCUT2D eigenvalue weighted by atomic mass is 9.47. The number of piperidine rings is 1. The summed E-state index contributed by atoms with van der Waals surface area (Å²) < 4.78 is 6.19. The number of carbonyl (C=O) groups excluding carboxylic acids is 2. The van der Waals surface area contributed by atoms with Crippen LogP contribution in [0.4, 0.5) is 5.82 Å². The summed E-state index contributed by atoms with van der Waals surface area (Å²) in [6.07, 6.45) is 2.60. The van der Waals surface area contributed by atoms with Crippen LogP contribution < -0.4 is 10.1 Å². The van der Waals surface area contributed by atoms with Crippen LogP contribution in [0.3, 0.4) is 0 Å². The summed E-state index contributed by atoms with van der Waals surface area (Å²) in [6.45, 7) is 3.52. The van der Waals surface area contributed by atoms with Crippen molar-refractivity contribution < 1.29 is 24.5 Å². The molecule has 182 valence electrons. The molecule has 3 fully saturated rings. The normalized spacial score (nSPS) is 34.8. The average Bonchev–Trinajstić information content (AvgIpc) is 3.56. The fraction of sp³-hybridized carbons (Fsp3) is 0.519. The third kappa shape index (κ3) is 2.78. The molecule has 2 bridgehead atoms. The summed E-state index contributed by atoms with van der Waals surface area (Å²) in [7, 11) is 0. The summed E-state index contributed by atoms with van der Waals surface area (Å²) in [5.41, 5.74) is 0.280. The van der Waals surface area contributed by atoms with Crippen molar-refractivity contribution in [3.63, 3.8) is 0 Å². The average molecular weight is 476 g/mol. The molecule has 3 heterocycles. The molecule has 3 aliphatic carbocycles. The first-order valence-corrected chi connectivity index (χ1v) is 12.6. The van der Waals surface area contributed by atoms with Gasteiger partial charge < -0.3 is 20.3 Å². The van der Waals surface area contributed by atoms with Gasteiger partial charge in [0, 0.05) is 23.8 Å². The van der Waals surface area contributed by atoms with Crippen molar-refractivity contribution in [2.75, 3.05) is 18.4 Å². The molecule has 1 aromatic carbocycles. The van der Waals surface area contributed by atoms with E-state index in [1.807, 2.05) is 19.1 Å². The maximum absolute atomic E-state index is 13.9. The summed E-state index contributed by atoms with van der Waals surface area (Å²) in [4.78, 5) is 34.0. The van der Waals surface area contributed by atoms with Gasteiger partial charge in [-0.2, -0.15) is 0 Å². The lowest BCUT2D eigenvalue weighted by Gasteiger charge is -2.63. The minimum Gasteiger partial charge on any atom is -0.504 e. The van der Waals surface area contributed by atoms with Gasteiger partial charge in [0.15, 0.2) is 23.4 Å². The molecule has 2 aromatic rings. The second kappa shape index (κ2) is 7.04. The smallest absolute Gasteiger partial charge is 0.236 e. The maximum Gasteiger partial charge on any atom is 0.236 e. The Morgan fingerprint density at radius 2 is 2.11 bits per heavy atom. The summed E-state index contributed by atoms with van der Waals surface area (Å²) >= 11 is 0. The Kier molecular flexibility index (Phi) is 4.29. The predicted molar refractivity (Wildman–Crippen MR) is 126 cm³/mol. The van der Waals surface area contributed by atoms with Crippen molar-refractivity contribution in [3.05, 3.63) is 47.2 Å². The van der Waals surface area contributed by atoms with E-state index < -0.39 is 28.9 Å². The highest BCUT2D eigenvalue weighted by molar-refractivity contribution is 6.10. The Morgan fingerprint density at radius 3 is 2.89 bits per heavy atom. The van der Waals surface area contributed by atoms with E-state index in [9.17, 15) is 19.8 Å². The Bertz CT molecular complexity index is 1280. The van der Waals surface area contributed by atoms with Crippen LogP contribution >= 0.6 is 0 Å². The molecule has 8 nitrogen and oxygen atoms in total. The van der Waals surface area contributed by atoms with E-state index in [0.717, 1.165) is 29.9 Å². The summed E-state index contributed by atoms with van der Waals surface area (Å²) in [5.74, 6) is -0.569. The number of rotatable bonds is 4.